The van der Waals surface area contributed by atoms with Crippen LogP contribution >= 0.6 is 0 Å². The van der Waals surface area contributed by atoms with E-state index in [2.05, 4.69) is 6.58 Å². The Morgan fingerprint density at radius 2 is 1.86 bits per heavy atom. The average molecular weight is 408 g/mol. The fourth-order valence-corrected chi connectivity index (χ4v) is 4.78. The first-order chi connectivity index (χ1) is 13.4. The van der Waals surface area contributed by atoms with Crippen molar-refractivity contribution in [2.75, 3.05) is 0 Å². The lowest BCUT2D eigenvalue weighted by molar-refractivity contribution is -0.185. The van der Waals surface area contributed by atoms with E-state index in [0.29, 0.717) is 37.7 Å². The van der Waals surface area contributed by atoms with Gasteiger partial charge in [0.05, 0.1) is 11.7 Å². The number of carbonyl (C=O) groups excluding carboxylic acids is 3. The van der Waals surface area contributed by atoms with Gasteiger partial charge < -0.3 is 19.3 Å². The molecule has 4 bridgehead atoms. The molecule has 3 fully saturated rings. The first kappa shape index (κ1) is 22.0. The quantitative estimate of drug-likeness (QED) is 0.526. The Balaban J connectivity index is 2.02. The lowest BCUT2D eigenvalue weighted by Gasteiger charge is -2.37. The van der Waals surface area contributed by atoms with Crippen LogP contribution in [-0.4, -0.2) is 51.8 Å². The number of hydrogen-bond acceptors (Lipinski definition) is 7. The van der Waals surface area contributed by atoms with Gasteiger partial charge in [-0.05, 0) is 65.2 Å². The molecular formula is C22H32O7. The summed E-state index contributed by atoms with van der Waals surface area (Å²) < 4.78 is 17.5. The monoisotopic (exact) mass is 408 g/mol. The molecule has 0 aromatic rings. The molecule has 7 heteroatoms. The van der Waals surface area contributed by atoms with Crippen molar-refractivity contribution in [1.82, 2.24) is 0 Å². The molecule has 0 amide bonds. The zero-order valence-corrected chi connectivity index (χ0v) is 17.8. The van der Waals surface area contributed by atoms with Crippen molar-refractivity contribution >= 4 is 17.7 Å². The maximum Gasteiger partial charge on any atom is 0.334 e. The summed E-state index contributed by atoms with van der Waals surface area (Å²) in [7, 11) is 0. The largest absolute Gasteiger partial charge is 0.459 e. The summed E-state index contributed by atoms with van der Waals surface area (Å²) in [6.07, 6.45) is 1.62. The predicted octanol–water partition coefficient (Wildman–Crippen LogP) is 2.63. The fraction of sp³-hybridized carbons (Fsp3) is 0.773. The summed E-state index contributed by atoms with van der Waals surface area (Å²) in [6.45, 7) is 10.4. The van der Waals surface area contributed by atoms with Crippen LogP contribution in [0.5, 0.6) is 0 Å². The van der Waals surface area contributed by atoms with Crippen molar-refractivity contribution in [3.05, 3.63) is 12.2 Å². The third-order valence-corrected chi connectivity index (χ3v) is 6.99. The van der Waals surface area contributed by atoms with Crippen molar-refractivity contribution in [2.45, 2.75) is 102 Å². The second-order valence-corrected chi connectivity index (χ2v) is 9.45. The Hall–Kier alpha value is -1.73. The predicted molar refractivity (Wildman–Crippen MR) is 104 cm³/mol. The molecule has 29 heavy (non-hydrogen) atoms. The smallest absolute Gasteiger partial charge is 0.334 e. The standard InChI is InChI=1S/C22H32O7/c1-13-15-6-10-21(4,29-19(13)25)16(24)7-9-20(3,26)17-8-11-22(5,28-17)18(12-15)27-14(2)23/h15,17-18,26H,1,6-12H2,2-5H3/t15-,17+,18+,20-,21-,22-/m1/s1. The lowest BCUT2D eigenvalue weighted by atomic mass is 9.80. The maximum atomic E-state index is 12.9. The van der Waals surface area contributed by atoms with Gasteiger partial charge >= 0.3 is 11.9 Å². The van der Waals surface area contributed by atoms with E-state index in [1.54, 1.807) is 13.8 Å². The minimum Gasteiger partial charge on any atom is -0.459 e. The third-order valence-electron chi connectivity index (χ3n) is 6.99. The van der Waals surface area contributed by atoms with Gasteiger partial charge in [-0.2, -0.15) is 0 Å². The molecule has 162 valence electrons. The SMILES string of the molecule is C=C1C(=O)O[C@]2(C)CC[C@@H]1C[C@H](OC(C)=O)[C@@]1(C)CC[C@H](O1)[C@](C)(O)CCC2=O. The first-order valence-corrected chi connectivity index (χ1v) is 10.4. The number of ketones is 1. The molecule has 0 saturated carbocycles. The Bertz CT molecular complexity index is 727. The van der Waals surface area contributed by atoms with E-state index in [0.717, 1.165) is 0 Å². The van der Waals surface area contributed by atoms with Gasteiger partial charge in [0.2, 0.25) is 0 Å². The van der Waals surface area contributed by atoms with Gasteiger partial charge in [-0.25, -0.2) is 4.79 Å². The van der Waals surface area contributed by atoms with Crippen molar-refractivity contribution in [3.63, 3.8) is 0 Å². The molecule has 6 atom stereocenters. The number of aliphatic hydroxyl groups is 1. The average Bonchev–Trinajstić information content (AvgIpc) is 3.00. The van der Waals surface area contributed by atoms with Gasteiger partial charge in [-0.3, -0.25) is 9.59 Å². The number of carbonyl (C=O) groups is 3. The molecule has 0 spiro atoms. The van der Waals surface area contributed by atoms with Crippen LogP contribution in [0.4, 0.5) is 0 Å². The van der Waals surface area contributed by atoms with E-state index in [-0.39, 0.29) is 24.5 Å². The van der Waals surface area contributed by atoms with Gasteiger partial charge in [-0.15, -0.1) is 0 Å². The van der Waals surface area contributed by atoms with Crippen molar-refractivity contribution < 1.29 is 33.7 Å². The van der Waals surface area contributed by atoms with E-state index >= 15 is 0 Å². The molecule has 3 heterocycles. The lowest BCUT2D eigenvalue weighted by Crippen LogP contribution is -2.47. The first-order valence-electron chi connectivity index (χ1n) is 10.4. The third kappa shape index (κ3) is 4.26. The number of hydrogen-bond donors (Lipinski definition) is 1. The Morgan fingerprint density at radius 3 is 2.52 bits per heavy atom. The van der Waals surface area contributed by atoms with E-state index < -0.39 is 40.9 Å². The number of esters is 2. The highest BCUT2D eigenvalue weighted by Gasteiger charge is 2.52. The summed E-state index contributed by atoms with van der Waals surface area (Å²) >= 11 is 0. The highest BCUT2D eigenvalue weighted by atomic mass is 16.6. The molecule has 0 aromatic carbocycles. The summed E-state index contributed by atoms with van der Waals surface area (Å²) in [5.74, 6) is -1.52. The number of fused-ring (bicyclic) bond motifs is 5. The van der Waals surface area contributed by atoms with Crippen LogP contribution in [0.15, 0.2) is 12.2 Å². The van der Waals surface area contributed by atoms with Gasteiger partial charge in [-0.1, -0.05) is 6.58 Å². The number of ether oxygens (including phenoxy) is 3. The van der Waals surface area contributed by atoms with E-state index in [4.69, 9.17) is 14.2 Å². The molecule has 3 aliphatic rings. The summed E-state index contributed by atoms with van der Waals surface area (Å²) in [5.41, 5.74) is -2.97. The zero-order valence-electron chi connectivity index (χ0n) is 17.8. The Labute approximate surface area is 171 Å². The molecule has 3 aliphatic heterocycles. The van der Waals surface area contributed by atoms with Crippen molar-refractivity contribution in [1.29, 1.82) is 0 Å². The topological polar surface area (TPSA) is 99.1 Å². The van der Waals surface area contributed by atoms with Crippen LogP contribution in [0.3, 0.4) is 0 Å². The normalized spacial score (nSPS) is 43.6. The zero-order chi connectivity index (χ0) is 21.6. The van der Waals surface area contributed by atoms with Crippen LogP contribution in [0, 0.1) is 5.92 Å². The molecule has 7 nitrogen and oxygen atoms in total. The highest BCUT2D eigenvalue weighted by Crippen LogP contribution is 2.44. The van der Waals surface area contributed by atoms with Crippen LogP contribution < -0.4 is 0 Å². The molecule has 0 aromatic heterocycles. The number of rotatable bonds is 1. The molecule has 0 aliphatic carbocycles. The van der Waals surface area contributed by atoms with Crippen LogP contribution in [0.25, 0.3) is 0 Å². The van der Waals surface area contributed by atoms with Crippen molar-refractivity contribution in [3.8, 4) is 0 Å². The molecule has 1 N–H and O–H groups in total. The number of Topliss-reactive ketones (excluding diaryl/α,β-unsaturated/α-hetero) is 1. The molecule has 0 radical (unpaired) electrons. The van der Waals surface area contributed by atoms with E-state index in [1.807, 2.05) is 6.92 Å². The minimum absolute atomic E-state index is 0.0812. The van der Waals surface area contributed by atoms with Crippen LogP contribution in [0.2, 0.25) is 0 Å². The minimum atomic E-state index is -1.25. The van der Waals surface area contributed by atoms with E-state index in [9.17, 15) is 19.5 Å². The second kappa shape index (κ2) is 7.51. The van der Waals surface area contributed by atoms with Crippen molar-refractivity contribution in [2.24, 2.45) is 5.92 Å². The molecule has 0 unspecified atom stereocenters. The van der Waals surface area contributed by atoms with Gasteiger partial charge in [0.1, 0.15) is 11.7 Å². The molecule has 3 saturated heterocycles. The Morgan fingerprint density at radius 1 is 1.17 bits per heavy atom. The fourth-order valence-electron chi connectivity index (χ4n) is 4.78. The van der Waals surface area contributed by atoms with Gasteiger partial charge in [0.15, 0.2) is 11.4 Å². The molecule has 3 rings (SSSR count). The van der Waals surface area contributed by atoms with E-state index in [1.165, 1.54) is 6.92 Å². The van der Waals surface area contributed by atoms with Crippen LogP contribution in [0.1, 0.15) is 72.6 Å². The Kier molecular flexibility index (Phi) is 5.69. The maximum absolute atomic E-state index is 12.9. The molecular weight excluding hydrogens is 376 g/mol. The summed E-state index contributed by atoms with van der Waals surface area (Å²) in [6, 6.07) is 0. The van der Waals surface area contributed by atoms with Gasteiger partial charge in [0.25, 0.3) is 0 Å². The highest BCUT2D eigenvalue weighted by molar-refractivity contribution is 5.94. The summed E-state index contributed by atoms with van der Waals surface area (Å²) in [5, 5.41) is 11.0. The second-order valence-electron chi connectivity index (χ2n) is 9.45. The van der Waals surface area contributed by atoms with Crippen LogP contribution in [-0.2, 0) is 28.6 Å². The summed E-state index contributed by atoms with van der Waals surface area (Å²) in [4.78, 5) is 37.4. The van der Waals surface area contributed by atoms with Gasteiger partial charge in [0, 0.05) is 18.9 Å².